The Morgan fingerprint density at radius 3 is 2.64 bits per heavy atom. The van der Waals surface area contributed by atoms with E-state index in [1.165, 1.54) is 16.4 Å². The first-order chi connectivity index (χ1) is 13.4. The Morgan fingerprint density at radius 1 is 1.14 bits per heavy atom. The van der Waals surface area contributed by atoms with Crippen molar-refractivity contribution in [3.63, 3.8) is 0 Å². The minimum absolute atomic E-state index is 0.135. The number of nitrogens with zero attached hydrogens (tertiary/aromatic N) is 2. The quantitative estimate of drug-likeness (QED) is 0.623. The molecule has 2 heterocycles. The Labute approximate surface area is 163 Å². The van der Waals surface area contributed by atoms with E-state index in [-0.39, 0.29) is 23.0 Å². The molecule has 28 heavy (non-hydrogen) atoms. The van der Waals surface area contributed by atoms with E-state index in [1.54, 1.807) is 36.4 Å². The molecule has 2 saturated carbocycles. The van der Waals surface area contributed by atoms with Crippen molar-refractivity contribution in [2.24, 2.45) is 11.8 Å². The maximum absolute atomic E-state index is 13.0. The largest absolute Gasteiger partial charge is 0.396 e. The molecule has 0 aliphatic heterocycles. The standard InChI is InChI=1S/C20H22N4O3S/c21-16-11-22-20-14(19(16)23-17-9-12-8-15(17)18(25)10-12)6-7-24(20)28(26,27)13-4-2-1-3-5-13/h1-7,11-12,15,17-18,25H,8-10,21H2,(H,22,23)/t12?,15-,17-,18+/m1/s1. The number of aromatic nitrogens is 2. The van der Waals surface area contributed by atoms with Crippen molar-refractivity contribution in [3.05, 3.63) is 48.8 Å². The van der Waals surface area contributed by atoms with Gasteiger partial charge >= 0.3 is 0 Å². The summed E-state index contributed by atoms with van der Waals surface area (Å²) in [6, 6.07) is 10.1. The summed E-state index contributed by atoms with van der Waals surface area (Å²) in [6.45, 7) is 0. The molecule has 1 aromatic carbocycles. The van der Waals surface area contributed by atoms with Crippen molar-refractivity contribution < 1.29 is 13.5 Å². The van der Waals surface area contributed by atoms with E-state index in [4.69, 9.17) is 5.73 Å². The molecule has 2 fully saturated rings. The molecule has 8 heteroatoms. The zero-order valence-corrected chi connectivity index (χ0v) is 16.0. The molecule has 146 valence electrons. The number of nitrogen functional groups attached to an aromatic ring is 1. The minimum atomic E-state index is -3.75. The fraction of sp³-hybridized carbons (Fsp3) is 0.350. The summed E-state index contributed by atoms with van der Waals surface area (Å²) < 4.78 is 27.3. The predicted molar refractivity (Wildman–Crippen MR) is 107 cm³/mol. The van der Waals surface area contributed by atoms with Crippen LogP contribution < -0.4 is 11.1 Å². The molecule has 7 nitrogen and oxygen atoms in total. The summed E-state index contributed by atoms with van der Waals surface area (Å²) in [5.41, 5.74) is 7.68. The minimum Gasteiger partial charge on any atom is -0.396 e. The van der Waals surface area contributed by atoms with Crippen LogP contribution in [0.4, 0.5) is 11.4 Å². The van der Waals surface area contributed by atoms with Gasteiger partial charge in [-0.05, 0) is 43.4 Å². The Balaban J connectivity index is 1.56. The van der Waals surface area contributed by atoms with Crippen LogP contribution in [0.3, 0.4) is 0 Å². The lowest BCUT2D eigenvalue weighted by molar-refractivity contribution is 0.107. The predicted octanol–water partition coefficient (Wildman–Crippen LogP) is 2.43. The van der Waals surface area contributed by atoms with Gasteiger partial charge in [-0.2, -0.15) is 0 Å². The van der Waals surface area contributed by atoms with Crippen LogP contribution >= 0.6 is 0 Å². The summed E-state index contributed by atoms with van der Waals surface area (Å²) in [6.07, 6.45) is 5.61. The molecule has 0 saturated heterocycles. The fourth-order valence-electron chi connectivity index (χ4n) is 4.80. The van der Waals surface area contributed by atoms with Gasteiger partial charge in [0.05, 0.1) is 28.6 Å². The van der Waals surface area contributed by atoms with Gasteiger partial charge in [-0.1, -0.05) is 18.2 Å². The first-order valence-electron chi connectivity index (χ1n) is 9.46. The van der Waals surface area contributed by atoms with E-state index in [0.29, 0.717) is 28.3 Å². The number of hydrogen-bond donors (Lipinski definition) is 3. The fourth-order valence-corrected chi connectivity index (χ4v) is 6.13. The van der Waals surface area contributed by atoms with Crippen LogP contribution in [0.1, 0.15) is 19.3 Å². The second-order valence-electron chi connectivity index (χ2n) is 7.81. The Morgan fingerprint density at radius 2 is 1.93 bits per heavy atom. The smallest absolute Gasteiger partial charge is 0.269 e. The lowest BCUT2D eigenvalue weighted by Crippen LogP contribution is -2.34. The van der Waals surface area contributed by atoms with Gasteiger partial charge in [0, 0.05) is 23.5 Å². The zero-order chi connectivity index (χ0) is 19.5. The zero-order valence-electron chi connectivity index (χ0n) is 15.2. The van der Waals surface area contributed by atoms with E-state index in [0.717, 1.165) is 19.3 Å². The van der Waals surface area contributed by atoms with Gasteiger partial charge in [0.2, 0.25) is 0 Å². The highest BCUT2D eigenvalue weighted by molar-refractivity contribution is 7.90. The molecule has 2 aromatic heterocycles. The lowest BCUT2D eigenvalue weighted by atomic mass is 9.92. The molecule has 0 spiro atoms. The molecule has 2 aliphatic rings. The Hall–Kier alpha value is -2.58. The van der Waals surface area contributed by atoms with Gasteiger partial charge in [0.25, 0.3) is 10.0 Å². The van der Waals surface area contributed by atoms with E-state index < -0.39 is 10.0 Å². The van der Waals surface area contributed by atoms with Crippen LogP contribution in [0.25, 0.3) is 11.0 Å². The van der Waals surface area contributed by atoms with Gasteiger partial charge in [-0.15, -0.1) is 0 Å². The number of aliphatic hydroxyl groups excluding tert-OH is 1. The summed E-state index contributed by atoms with van der Waals surface area (Å²) in [7, 11) is -3.75. The summed E-state index contributed by atoms with van der Waals surface area (Å²) in [5, 5.41) is 14.4. The second-order valence-corrected chi connectivity index (χ2v) is 9.63. The van der Waals surface area contributed by atoms with Gasteiger partial charge in [-0.25, -0.2) is 17.4 Å². The van der Waals surface area contributed by atoms with Crippen molar-refractivity contribution in [2.45, 2.75) is 36.3 Å². The topological polar surface area (TPSA) is 110 Å². The molecule has 0 amide bonds. The van der Waals surface area contributed by atoms with Gasteiger partial charge in [0.1, 0.15) is 0 Å². The Kier molecular flexibility index (Phi) is 3.89. The van der Waals surface area contributed by atoms with E-state index in [1.807, 2.05) is 0 Å². The maximum atomic E-state index is 13.0. The van der Waals surface area contributed by atoms with Crippen molar-refractivity contribution in [2.75, 3.05) is 11.1 Å². The summed E-state index contributed by atoms with van der Waals surface area (Å²) in [5.74, 6) is 0.752. The first-order valence-corrected chi connectivity index (χ1v) is 10.9. The van der Waals surface area contributed by atoms with E-state index in [9.17, 15) is 13.5 Å². The second kappa shape index (κ2) is 6.22. The number of pyridine rings is 1. The lowest BCUT2D eigenvalue weighted by Gasteiger charge is -2.28. The molecule has 4 atom stereocenters. The van der Waals surface area contributed by atoms with Crippen molar-refractivity contribution in [1.29, 1.82) is 0 Å². The molecule has 3 aromatic rings. The summed E-state index contributed by atoms with van der Waals surface area (Å²) >= 11 is 0. The van der Waals surface area contributed by atoms with Crippen LogP contribution in [-0.4, -0.2) is 34.6 Å². The van der Waals surface area contributed by atoms with Crippen LogP contribution in [0, 0.1) is 11.8 Å². The molecular formula is C20H22N4O3S. The van der Waals surface area contributed by atoms with Crippen molar-refractivity contribution in [1.82, 2.24) is 8.96 Å². The van der Waals surface area contributed by atoms with Crippen LogP contribution in [-0.2, 0) is 10.0 Å². The maximum Gasteiger partial charge on any atom is 0.269 e. The number of anilines is 2. The molecule has 0 radical (unpaired) electrons. The Bertz CT molecular complexity index is 1140. The van der Waals surface area contributed by atoms with Crippen molar-refractivity contribution >= 4 is 32.4 Å². The third-order valence-electron chi connectivity index (χ3n) is 6.12. The van der Waals surface area contributed by atoms with E-state index >= 15 is 0 Å². The van der Waals surface area contributed by atoms with Crippen LogP contribution in [0.15, 0.2) is 53.7 Å². The van der Waals surface area contributed by atoms with Gasteiger partial charge < -0.3 is 16.2 Å². The average molecular weight is 398 g/mol. The molecule has 2 aliphatic carbocycles. The number of nitrogens with two attached hydrogens (primary N) is 1. The van der Waals surface area contributed by atoms with Gasteiger partial charge in [0.15, 0.2) is 5.65 Å². The number of hydrogen-bond acceptors (Lipinski definition) is 6. The molecular weight excluding hydrogens is 376 g/mol. The van der Waals surface area contributed by atoms with Crippen molar-refractivity contribution in [3.8, 4) is 0 Å². The highest BCUT2D eigenvalue weighted by Gasteiger charge is 2.45. The van der Waals surface area contributed by atoms with Crippen LogP contribution in [0.2, 0.25) is 0 Å². The number of aliphatic hydroxyl groups is 1. The molecule has 1 unspecified atom stereocenters. The highest BCUT2D eigenvalue weighted by atomic mass is 32.2. The third kappa shape index (κ3) is 2.59. The average Bonchev–Trinajstić information content (AvgIpc) is 3.38. The third-order valence-corrected chi connectivity index (χ3v) is 7.80. The monoisotopic (exact) mass is 398 g/mol. The summed E-state index contributed by atoms with van der Waals surface area (Å²) in [4.78, 5) is 4.51. The molecule has 4 N–H and O–H groups in total. The van der Waals surface area contributed by atoms with Gasteiger partial charge in [-0.3, -0.25) is 0 Å². The van der Waals surface area contributed by atoms with Crippen LogP contribution in [0.5, 0.6) is 0 Å². The number of nitrogens with one attached hydrogen (secondary N) is 1. The normalized spacial score (nSPS) is 26.8. The van der Waals surface area contributed by atoms with E-state index in [2.05, 4.69) is 10.3 Å². The molecule has 5 rings (SSSR count). The number of fused-ring (bicyclic) bond motifs is 3. The first kappa shape index (κ1) is 17.5. The highest BCUT2D eigenvalue weighted by Crippen LogP contribution is 2.46. The number of benzene rings is 1. The molecule has 2 bridgehead atoms. The SMILES string of the molecule is Nc1cnc2c(ccn2S(=O)(=O)c2ccccc2)c1N[C@@H]1CC2C[C@H]1[C@@H](O)C2. The number of rotatable bonds is 4.